The van der Waals surface area contributed by atoms with Crippen LogP contribution in [0.5, 0.6) is 5.75 Å². The van der Waals surface area contributed by atoms with Gasteiger partial charge in [-0.2, -0.15) is 12.7 Å². The van der Waals surface area contributed by atoms with Gasteiger partial charge >= 0.3 is 16.2 Å². The molecular formula is C29H30ClN3O6S. The number of anilines is 1. The molecule has 0 atom stereocenters. The molecule has 0 aliphatic rings. The van der Waals surface area contributed by atoms with Gasteiger partial charge in [0.15, 0.2) is 0 Å². The second-order valence-electron chi connectivity index (χ2n) is 9.36. The third-order valence-corrected chi connectivity index (χ3v) is 7.79. The van der Waals surface area contributed by atoms with Crippen LogP contribution >= 0.6 is 11.6 Å². The molecule has 1 aromatic heterocycles. The molecule has 1 heterocycles. The Labute approximate surface area is 238 Å². The smallest absolute Gasteiger partial charge is 0.318 e. The highest BCUT2D eigenvalue weighted by atomic mass is 35.5. The molecule has 11 heteroatoms. The highest BCUT2D eigenvalue weighted by Gasteiger charge is 2.25. The van der Waals surface area contributed by atoms with E-state index in [-0.39, 0.29) is 6.54 Å². The Bertz CT molecular complexity index is 1600. The highest BCUT2D eigenvalue weighted by molar-refractivity contribution is 7.90. The van der Waals surface area contributed by atoms with E-state index in [4.69, 9.17) is 20.8 Å². The van der Waals surface area contributed by atoms with Crippen LogP contribution in [0.1, 0.15) is 28.1 Å². The number of aryl methyl sites for hydroxylation is 3. The lowest BCUT2D eigenvalue weighted by Crippen LogP contribution is -2.39. The van der Waals surface area contributed by atoms with Crippen LogP contribution in [0.15, 0.2) is 71.1 Å². The largest absolute Gasteiger partial charge is 0.493 e. The van der Waals surface area contributed by atoms with Gasteiger partial charge < -0.3 is 14.3 Å². The maximum absolute atomic E-state index is 13.1. The molecule has 0 fully saturated rings. The monoisotopic (exact) mass is 583 g/mol. The number of benzene rings is 3. The van der Waals surface area contributed by atoms with Crippen LogP contribution in [0, 0.1) is 20.8 Å². The summed E-state index contributed by atoms with van der Waals surface area (Å²) in [5, 5.41) is 9.84. The lowest BCUT2D eigenvalue weighted by molar-refractivity contribution is -0.137. The third-order valence-electron chi connectivity index (χ3n) is 6.14. The quantitative estimate of drug-likeness (QED) is 0.216. The Morgan fingerprint density at radius 2 is 1.82 bits per heavy atom. The van der Waals surface area contributed by atoms with Gasteiger partial charge in [-0.25, -0.2) is 4.98 Å². The number of carboxylic acid groups (broad SMARTS) is 1. The van der Waals surface area contributed by atoms with Crippen LogP contribution in [0.4, 0.5) is 5.69 Å². The van der Waals surface area contributed by atoms with Gasteiger partial charge in [-0.05, 0) is 74.4 Å². The molecule has 0 amide bonds. The molecule has 2 N–H and O–H groups in total. The lowest BCUT2D eigenvalue weighted by Gasteiger charge is -2.22. The molecule has 0 saturated carbocycles. The van der Waals surface area contributed by atoms with Gasteiger partial charge in [0.2, 0.25) is 5.89 Å². The molecule has 4 rings (SSSR count). The zero-order chi connectivity index (χ0) is 28.9. The van der Waals surface area contributed by atoms with Gasteiger partial charge in [-0.1, -0.05) is 41.4 Å². The summed E-state index contributed by atoms with van der Waals surface area (Å²) in [5.74, 6) is 0.507. The second-order valence-corrected chi connectivity index (χ2v) is 11.5. The van der Waals surface area contributed by atoms with Crippen molar-refractivity contribution < 1.29 is 27.5 Å². The summed E-state index contributed by atoms with van der Waals surface area (Å²) in [6.07, 6.45) is 0.509. The minimum Gasteiger partial charge on any atom is -0.493 e. The van der Waals surface area contributed by atoms with E-state index in [0.717, 1.165) is 21.1 Å². The van der Waals surface area contributed by atoms with Crippen molar-refractivity contribution in [2.75, 3.05) is 17.9 Å². The normalized spacial score (nSPS) is 11.5. The fourth-order valence-electron chi connectivity index (χ4n) is 4.00. The number of oxazole rings is 1. The van der Waals surface area contributed by atoms with Crippen molar-refractivity contribution in [3.63, 3.8) is 0 Å². The van der Waals surface area contributed by atoms with Crippen molar-refractivity contribution in [3.05, 3.63) is 99.9 Å². The number of hydrogen-bond donors (Lipinski definition) is 2. The highest BCUT2D eigenvalue weighted by Crippen LogP contribution is 2.24. The van der Waals surface area contributed by atoms with E-state index in [0.29, 0.717) is 52.3 Å². The van der Waals surface area contributed by atoms with Crippen molar-refractivity contribution in [3.8, 4) is 17.2 Å². The van der Waals surface area contributed by atoms with Gasteiger partial charge in [0.05, 0.1) is 18.0 Å². The number of aromatic nitrogens is 1. The predicted octanol–water partition coefficient (Wildman–Crippen LogP) is 5.79. The minimum absolute atomic E-state index is 0.173. The van der Waals surface area contributed by atoms with Crippen LogP contribution in [0.3, 0.4) is 0 Å². The first-order valence-electron chi connectivity index (χ1n) is 12.5. The zero-order valence-electron chi connectivity index (χ0n) is 22.3. The van der Waals surface area contributed by atoms with Gasteiger partial charge in [-0.3, -0.25) is 9.52 Å². The summed E-state index contributed by atoms with van der Waals surface area (Å²) >= 11 is 5.97. The summed E-state index contributed by atoms with van der Waals surface area (Å²) in [5.41, 5.74) is 4.32. The number of rotatable bonds is 12. The minimum atomic E-state index is -4.20. The van der Waals surface area contributed by atoms with E-state index in [1.54, 1.807) is 43.3 Å². The SMILES string of the molecule is Cc1ccc(-c2nc(CCOc3cccc(CN(CC(=O)O)S(=O)(=O)Nc4ccc(Cl)cc4C)c3)c(C)o2)cc1. The Morgan fingerprint density at radius 3 is 2.52 bits per heavy atom. The molecule has 0 bridgehead atoms. The fraction of sp³-hybridized carbons (Fsp3) is 0.241. The molecule has 0 unspecified atom stereocenters. The van der Waals surface area contributed by atoms with Crippen LogP contribution in [-0.4, -0.2) is 41.9 Å². The standard InChI is InChI=1S/C29H30ClN3O6S/c1-19-7-9-23(10-8-19)29-31-27(21(3)39-29)13-14-38-25-6-4-5-22(16-25)17-33(18-28(34)35)40(36,37)32-26-12-11-24(30)15-20(26)2/h4-12,15-16,32H,13-14,17-18H2,1-3H3,(H,34,35). The third kappa shape index (κ3) is 7.62. The molecule has 3 aromatic carbocycles. The summed E-state index contributed by atoms with van der Waals surface area (Å²) < 4.78 is 41.3. The van der Waals surface area contributed by atoms with Crippen molar-refractivity contribution in [2.24, 2.45) is 0 Å². The zero-order valence-corrected chi connectivity index (χ0v) is 23.9. The molecule has 0 aliphatic heterocycles. The molecule has 4 aromatic rings. The first-order chi connectivity index (χ1) is 19.0. The second kappa shape index (κ2) is 12.5. The van der Waals surface area contributed by atoms with Gasteiger partial charge in [-0.15, -0.1) is 0 Å². The van der Waals surface area contributed by atoms with Crippen LogP contribution in [-0.2, 0) is 28.0 Å². The Balaban J connectivity index is 1.42. The van der Waals surface area contributed by atoms with E-state index >= 15 is 0 Å². The first-order valence-corrected chi connectivity index (χ1v) is 14.3. The molecule has 210 valence electrons. The Hall–Kier alpha value is -3.86. The van der Waals surface area contributed by atoms with Crippen LogP contribution in [0.25, 0.3) is 11.5 Å². The van der Waals surface area contributed by atoms with E-state index in [1.165, 1.54) is 6.07 Å². The van der Waals surface area contributed by atoms with Crippen molar-refractivity contribution >= 4 is 33.5 Å². The number of hydrogen-bond acceptors (Lipinski definition) is 6. The maximum atomic E-state index is 13.1. The number of nitrogens with one attached hydrogen (secondary N) is 1. The van der Waals surface area contributed by atoms with E-state index in [2.05, 4.69) is 9.71 Å². The Morgan fingerprint density at radius 1 is 1.07 bits per heavy atom. The van der Waals surface area contributed by atoms with E-state index in [9.17, 15) is 18.3 Å². The average molecular weight is 584 g/mol. The van der Waals surface area contributed by atoms with Gasteiger partial charge in [0.1, 0.15) is 18.1 Å². The fourth-order valence-corrected chi connectivity index (χ4v) is 5.47. The summed E-state index contributed by atoms with van der Waals surface area (Å²) in [6.45, 7) is 5.01. The number of nitrogens with zero attached hydrogens (tertiary/aromatic N) is 2. The van der Waals surface area contributed by atoms with Gasteiger partial charge in [0, 0.05) is 23.6 Å². The summed E-state index contributed by atoms with van der Waals surface area (Å²) in [4.78, 5) is 16.1. The van der Waals surface area contributed by atoms with Crippen LogP contribution in [0.2, 0.25) is 5.02 Å². The number of carbonyl (C=O) groups is 1. The summed E-state index contributed by atoms with van der Waals surface area (Å²) in [7, 11) is -4.20. The molecule has 9 nitrogen and oxygen atoms in total. The number of ether oxygens (including phenoxy) is 1. The molecule has 0 radical (unpaired) electrons. The first kappa shape index (κ1) is 29.1. The molecule has 0 spiro atoms. The average Bonchev–Trinajstić information content (AvgIpc) is 3.26. The van der Waals surface area contributed by atoms with Gasteiger partial charge in [0.25, 0.3) is 0 Å². The summed E-state index contributed by atoms with van der Waals surface area (Å²) in [6, 6.07) is 19.5. The number of aliphatic carboxylic acids is 1. The number of carboxylic acids is 1. The predicted molar refractivity (Wildman–Crippen MR) is 154 cm³/mol. The molecule has 40 heavy (non-hydrogen) atoms. The van der Waals surface area contributed by atoms with Crippen molar-refractivity contribution in [1.82, 2.24) is 9.29 Å². The lowest BCUT2D eigenvalue weighted by atomic mass is 10.1. The molecule has 0 aliphatic carbocycles. The molecular weight excluding hydrogens is 554 g/mol. The van der Waals surface area contributed by atoms with Crippen molar-refractivity contribution in [1.29, 1.82) is 0 Å². The van der Waals surface area contributed by atoms with Crippen molar-refractivity contribution in [2.45, 2.75) is 33.7 Å². The van der Waals surface area contributed by atoms with Crippen LogP contribution < -0.4 is 9.46 Å². The topological polar surface area (TPSA) is 122 Å². The Kier molecular flexibility index (Phi) is 9.14. The van der Waals surface area contributed by atoms with E-state index in [1.807, 2.05) is 38.1 Å². The van der Waals surface area contributed by atoms with E-state index < -0.39 is 22.7 Å². The maximum Gasteiger partial charge on any atom is 0.318 e. The number of halogens is 1. The molecule has 0 saturated heterocycles.